The monoisotopic (exact) mass is 274 g/mol. The first-order chi connectivity index (χ1) is 7.91. The van der Waals surface area contributed by atoms with E-state index in [2.05, 4.69) is 0 Å². The first kappa shape index (κ1) is 19.1. The summed E-state index contributed by atoms with van der Waals surface area (Å²) in [5.41, 5.74) is 4.78. The van der Waals surface area contributed by atoms with Crippen molar-refractivity contribution in [2.75, 3.05) is 51.8 Å². The van der Waals surface area contributed by atoms with E-state index < -0.39 is 10.1 Å². The fraction of sp³-hybridized carbons (Fsp3) is 1.00. The Kier molecular flexibility index (Phi) is 13.6. The number of hydrogen-bond acceptors (Lipinski definition) is 7. The molecule has 17 heavy (non-hydrogen) atoms. The van der Waals surface area contributed by atoms with E-state index >= 15 is 0 Å². The molecule has 0 atom stereocenters. The number of aliphatic hydroxyl groups excluding tert-OH is 3. The molecule has 6 N–H and O–H groups in total. The van der Waals surface area contributed by atoms with Gasteiger partial charge in [-0.1, -0.05) is 0 Å². The Morgan fingerprint density at radius 2 is 1.29 bits per heavy atom. The molecule has 0 aliphatic rings. The minimum atomic E-state index is -3.80. The van der Waals surface area contributed by atoms with Crippen LogP contribution in [0.25, 0.3) is 0 Å². The third-order valence-electron chi connectivity index (χ3n) is 1.62. The topological polar surface area (TPSA) is 144 Å². The lowest BCUT2D eigenvalue weighted by Crippen LogP contribution is -2.32. The smallest absolute Gasteiger partial charge is 0.266 e. The highest BCUT2D eigenvalue weighted by Crippen LogP contribution is 1.84. The molecule has 0 unspecified atom stereocenters. The lowest BCUT2D eigenvalue weighted by molar-refractivity contribution is 0.136. The lowest BCUT2D eigenvalue weighted by Gasteiger charge is -2.17. The van der Waals surface area contributed by atoms with E-state index in [1.165, 1.54) is 0 Å². The Morgan fingerprint density at radius 1 is 0.941 bits per heavy atom. The van der Waals surface area contributed by atoms with Gasteiger partial charge >= 0.3 is 0 Å². The van der Waals surface area contributed by atoms with Gasteiger partial charge in [0.05, 0.1) is 25.6 Å². The maximum absolute atomic E-state index is 9.71. The first-order valence-corrected chi connectivity index (χ1v) is 6.72. The van der Waals surface area contributed by atoms with Crippen molar-refractivity contribution in [3.63, 3.8) is 0 Å². The Labute approximate surface area is 101 Å². The Morgan fingerprint density at radius 3 is 1.41 bits per heavy atom. The minimum Gasteiger partial charge on any atom is -0.395 e. The zero-order chi connectivity index (χ0) is 13.7. The highest BCUT2D eigenvalue weighted by molar-refractivity contribution is 7.85. The van der Waals surface area contributed by atoms with E-state index in [0.29, 0.717) is 19.6 Å². The Bertz CT molecular complexity index is 232. The van der Waals surface area contributed by atoms with Crippen LogP contribution in [0.1, 0.15) is 0 Å². The molecule has 0 aromatic rings. The molecule has 0 fully saturated rings. The molecule has 0 aliphatic carbocycles. The summed E-state index contributed by atoms with van der Waals surface area (Å²) in [7, 11) is -3.80. The van der Waals surface area contributed by atoms with Crippen molar-refractivity contribution in [3.05, 3.63) is 0 Å². The summed E-state index contributed by atoms with van der Waals surface area (Å²) in [5, 5.41) is 25.5. The van der Waals surface area contributed by atoms with Gasteiger partial charge in [0.25, 0.3) is 10.1 Å². The van der Waals surface area contributed by atoms with Gasteiger partial charge < -0.3 is 21.1 Å². The molecule has 0 saturated heterocycles. The van der Waals surface area contributed by atoms with Gasteiger partial charge in [0.15, 0.2) is 0 Å². The molecule has 0 rings (SSSR count). The van der Waals surface area contributed by atoms with Crippen LogP contribution in [-0.2, 0) is 10.1 Å². The van der Waals surface area contributed by atoms with E-state index in [1.54, 1.807) is 4.90 Å². The van der Waals surface area contributed by atoms with Gasteiger partial charge in [-0.15, -0.1) is 0 Å². The molecular formula is C8H22N2O6S. The molecule has 0 amide bonds. The van der Waals surface area contributed by atoms with Crippen LogP contribution in [0.5, 0.6) is 0 Å². The number of nitrogens with two attached hydrogens (primary N) is 1. The molecule has 0 bridgehead atoms. The van der Waals surface area contributed by atoms with Crippen LogP contribution in [0.4, 0.5) is 0 Å². The summed E-state index contributed by atoms with van der Waals surface area (Å²) in [4.78, 5) is 1.79. The predicted octanol–water partition coefficient (Wildman–Crippen LogP) is -2.90. The largest absolute Gasteiger partial charge is 0.395 e. The van der Waals surface area contributed by atoms with Crippen LogP contribution in [0, 0.1) is 0 Å². The van der Waals surface area contributed by atoms with Gasteiger partial charge in [-0.2, -0.15) is 8.42 Å². The second-order valence-corrected chi connectivity index (χ2v) is 4.66. The summed E-state index contributed by atoms with van der Waals surface area (Å²) in [5.74, 6) is -0.354. The third-order valence-corrected chi connectivity index (χ3v) is 2.38. The molecule has 0 radical (unpaired) electrons. The molecule has 106 valence electrons. The standard InChI is InChI=1S/C6H15NO3.C2H7NO3S/c8-4-1-7(2-5-9)3-6-10;3-1-2-7(4,5)6/h8-10H,1-6H2;1-3H2,(H,4,5,6). The van der Waals surface area contributed by atoms with Crippen LogP contribution in [0.3, 0.4) is 0 Å². The number of hydrogen-bond donors (Lipinski definition) is 5. The molecule has 0 heterocycles. The van der Waals surface area contributed by atoms with Crippen molar-refractivity contribution in [3.8, 4) is 0 Å². The van der Waals surface area contributed by atoms with Crippen LogP contribution in [0.2, 0.25) is 0 Å². The summed E-state index contributed by atoms with van der Waals surface area (Å²) in [6.07, 6.45) is 0. The SMILES string of the molecule is NCCS(=O)(=O)O.OCCN(CCO)CCO. The fourth-order valence-corrected chi connectivity index (χ4v) is 1.21. The van der Waals surface area contributed by atoms with E-state index in [1.807, 2.05) is 0 Å². The average molecular weight is 274 g/mol. The van der Waals surface area contributed by atoms with Gasteiger partial charge in [0.2, 0.25) is 0 Å². The van der Waals surface area contributed by atoms with Gasteiger partial charge in [0.1, 0.15) is 0 Å². The molecular weight excluding hydrogens is 252 g/mol. The van der Waals surface area contributed by atoms with Crippen molar-refractivity contribution in [1.29, 1.82) is 0 Å². The van der Waals surface area contributed by atoms with Crippen LogP contribution in [0.15, 0.2) is 0 Å². The van der Waals surface area contributed by atoms with E-state index in [9.17, 15) is 8.42 Å². The maximum Gasteiger partial charge on any atom is 0.266 e. The van der Waals surface area contributed by atoms with E-state index in [4.69, 9.17) is 25.6 Å². The van der Waals surface area contributed by atoms with Crippen LogP contribution >= 0.6 is 0 Å². The van der Waals surface area contributed by atoms with E-state index in [0.717, 1.165) is 0 Å². The molecule has 9 heteroatoms. The molecule has 8 nitrogen and oxygen atoms in total. The summed E-state index contributed by atoms with van der Waals surface area (Å²) in [6.45, 7) is 1.72. The van der Waals surface area contributed by atoms with E-state index in [-0.39, 0.29) is 32.1 Å². The predicted molar refractivity (Wildman–Crippen MR) is 63.2 cm³/mol. The number of rotatable bonds is 8. The van der Waals surface area contributed by atoms with Gasteiger partial charge in [0, 0.05) is 26.2 Å². The first-order valence-electron chi connectivity index (χ1n) is 5.11. The summed E-state index contributed by atoms with van der Waals surface area (Å²) in [6, 6.07) is 0. The summed E-state index contributed by atoms with van der Waals surface area (Å²) < 4.78 is 27.3. The summed E-state index contributed by atoms with van der Waals surface area (Å²) >= 11 is 0. The Balaban J connectivity index is 0. The number of aliphatic hydroxyl groups is 3. The molecule has 0 saturated carbocycles. The highest BCUT2D eigenvalue weighted by atomic mass is 32.2. The zero-order valence-corrected chi connectivity index (χ0v) is 10.5. The van der Waals surface area contributed by atoms with Gasteiger partial charge in [-0.3, -0.25) is 9.45 Å². The average Bonchev–Trinajstić information content (AvgIpc) is 2.18. The molecule has 0 spiro atoms. The Hall–Kier alpha value is -0.290. The van der Waals surface area contributed by atoms with Gasteiger partial charge in [-0.25, -0.2) is 0 Å². The van der Waals surface area contributed by atoms with Crippen molar-refractivity contribution >= 4 is 10.1 Å². The second kappa shape index (κ2) is 12.2. The highest BCUT2D eigenvalue weighted by Gasteiger charge is 2.00. The minimum absolute atomic E-state index is 0.0289. The molecule has 0 aromatic heterocycles. The second-order valence-electron chi connectivity index (χ2n) is 3.09. The van der Waals surface area contributed by atoms with Crippen LogP contribution < -0.4 is 5.73 Å². The zero-order valence-electron chi connectivity index (χ0n) is 9.70. The van der Waals surface area contributed by atoms with Gasteiger partial charge in [-0.05, 0) is 0 Å². The van der Waals surface area contributed by atoms with Crippen molar-refractivity contribution in [2.24, 2.45) is 5.73 Å². The van der Waals surface area contributed by atoms with Crippen molar-refractivity contribution < 1.29 is 28.3 Å². The van der Waals surface area contributed by atoms with Crippen molar-refractivity contribution in [2.45, 2.75) is 0 Å². The van der Waals surface area contributed by atoms with Crippen LogP contribution in [-0.4, -0.2) is 84.9 Å². The quantitative estimate of drug-likeness (QED) is 0.296. The molecule has 0 aromatic carbocycles. The molecule has 0 aliphatic heterocycles. The fourth-order valence-electron chi connectivity index (χ4n) is 0.909. The normalized spacial score (nSPS) is 11.2. The lowest BCUT2D eigenvalue weighted by atomic mass is 10.4. The van der Waals surface area contributed by atoms with Crippen molar-refractivity contribution in [1.82, 2.24) is 4.90 Å². The number of nitrogens with zero attached hydrogens (tertiary/aromatic N) is 1. The maximum atomic E-state index is 9.71. The third kappa shape index (κ3) is 18.3.